The molecule has 3 N–H and O–H groups in total. The molecule has 1 aliphatic heterocycles. The van der Waals surface area contributed by atoms with Gasteiger partial charge in [0.2, 0.25) is 11.8 Å². The molecule has 1 saturated heterocycles. The molecular weight excluding hydrogens is 389 g/mol. The molecule has 2 amide bonds. The number of aromatic nitrogens is 1. The highest BCUT2D eigenvalue weighted by Gasteiger charge is 2.28. The monoisotopic (exact) mass is 417 g/mol. The van der Waals surface area contributed by atoms with Crippen LogP contribution in [0.1, 0.15) is 25.7 Å². The van der Waals surface area contributed by atoms with Crippen LogP contribution in [0, 0.1) is 5.92 Å². The zero-order valence-electron chi connectivity index (χ0n) is 15.4. The van der Waals surface area contributed by atoms with Crippen LogP contribution >= 0.6 is 24.8 Å². The summed E-state index contributed by atoms with van der Waals surface area (Å²) < 4.78 is 0. The molecule has 0 spiro atoms. The Kier molecular flexibility index (Phi) is 9.83. The molecule has 1 aromatic rings. The first-order valence-corrected chi connectivity index (χ1v) is 9.10. The van der Waals surface area contributed by atoms with Gasteiger partial charge < -0.3 is 20.9 Å². The fourth-order valence-corrected chi connectivity index (χ4v) is 3.58. The predicted octanol–water partition coefficient (Wildman–Crippen LogP) is 1.21. The highest BCUT2D eigenvalue weighted by Crippen LogP contribution is 2.24. The Morgan fingerprint density at radius 2 is 1.89 bits per heavy atom. The molecule has 0 radical (unpaired) electrons. The second-order valence-electron chi connectivity index (χ2n) is 6.87. The van der Waals surface area contributed by atoms with Gasteiger partial charge in [0.05, 0.1) is 0 Å². The van der Waals surface area contributed by atoms with Crippen LogP contribution in [-0.2, 0) is 9.59 Å². The van der Waals surface area contributed by atoms with Gasteiger partial charge in [-0.05, 0) is 31.4 Å². The predicted molar refractivity (Wildman–Crippen MR) is 110 cm³/mol. The van der Waals surface area contributed by atoms with Crippen molar-refractivity contribution < 1.29 is 9.59 Å². The number of amides is 2. The molecule has 9 heteroatoms. The van der Waals surface area contributed by atoms with Gasteiger partial charge in [0.15, 0.2) is 0 Å². The fourth-order valence-electron chi connectivity index (χ4n) is 3.58. The van der Waals surface area contributed by atoms with Crippen LogP contribution in [0.15, 0.2) is 24.4 Å². The molecule has 0 aromatic carbocycles. The van der Waals surface area contributed by atoms with Gasteiger partial charge in [0.1, 0.15) is 5.82 Å². The Morgan fingerprint density at radius 1 is 1.15 bits per heavy atom. The Balaban J connectivity index is 0.00000182. The first-order valence-electron chi connectivity index (χ1n) is 9.10. The number of carbonyl (C=O) groups excluding carboxylic acids is 2. The number of rotatable bonds is 5. The van der Waals surface area contributed by atoms with E-state index in [0.29, 0.717) is 26.1 Å². The third-order valence-corrected chi connectivity index (χ3v) is 5.09. The van der Waals surface area contributed by atoms with Crippen LogP contribution in [0.2, 0.25) is 0 Å². The van der Waals surface area contributed by atoms with E-state index in [4.69, 9.17) is 5.73 Å². The largest absolute Gasteiger partial charge is 0.355 e. The van der Waals surface area contributed by atoms with E-state index >= 15 is 0 Å². The zero-order chi connectivity index (χ0) is 17.6. The van der Waals surface area contributed by atoms with Gasteiger partial charge >= 0.3 is 0 Å². The van der Waals surface area contributed by atoms with Crippen molar-refractivity contribution in [1.82, 2.24) is 15.2 Å². The van der Waals surface area contributed by atoms with Crippen LogP contribution in [0.5, 0.6) is 0 Å². The molecule has 1 aromatic heterocycles. The lowest BCUT2D eigenvalue weighted by molar-refractivity contribution is -0.131. The first-order chi connectivity index (χ1) is 12.1. The number of nitrogens with two attached hydrogens (primary N) is 1. The molecular formula is C18H29Cl2N5O2. The van der Waals surface area contributed by atoms with Gasteiger partial charge in [-0.2, -0.15) is 0 Å². The van der Waals surface area contributed by atoms with Crippen LogP contribution in [-0.4, -0.2) is 60.5 Å². The second kappa shape index (κ2) is 11.3. The van der Waals surface area contributed by atoms with Crippen LogP contribution in [0.4, 0.5) is 5.82 Å². The van der Waals surface area contributed by atoms with Crippen molar-refractivity contribution in [3.05, 3.63) is 24.4 Å². The Bertz CT molecular complexity index is 597. The summed E-state index contributed by atoms with van der Waals surface area (Å²) in [5, 5.41) is 2.89. The average molecular weight is 418 g/mol. The average Bonchev–Trinajstić information content (AvgIpc) is 3.09. The van der Waals surface area contributed by atoms with E-state index in [1.165, 1.54) is 0 Å². The molecule has 7 nitrogen and oxygen atoms in total. The van der Waals surface area contributed by atoms with Gasteiger partial charge in [0, 0.05) is 57.3 Å². The standard InChI is InChI=1S/C18H27N5O2.2ClH/c19-15-5-4-14(13-15)18(25)21-8-6-17(24)23-11-9-22(10-12-23)16-3-1-2-7-20-16;;/h1-3,7,14-15H,4-6,8-13,19H2,(H,21,25);2*1H. The molecule has 152 valence electrons. The Morgan fingerprint density at radius 3 is 2.48 bits per heavy atom. The number of nitrogens with zero attached hydrogens (tertiary/aromatic N) is 3. The van der Waals surface area contributed by atoms with Gasteiger partial charge in [0.25, 0.3) is 0 Å². The normalized spacial score (nSPS) is 21.8. The fraction of sp³-hybridized carbons (Fsp3) is 0.611. The van der Waals surface area contributed by atoms with Gasteiger partial charge in [-0.15, -0.1) is 24.8 Å². The number of anilines is 1. The quantitative estimate of drug-likeness (QED) is 0.750. The summed E-state index contributed by atoms with van der Waals surface area (Å²) >= 11 is 0. The summed E-state index contributed by atoms with van der Waals surface area (Å²) in [6.07, 6.45) is 4.67. The van der Waals surface area contributed by atoms with E-state index in [2.05, 4.69) is 15.2 Å². The number of hydrogen-bond donors (Lipinski definition) is 2. The van der Waals surface area contributed by atoms with E-state index in [1.807, 2.05) is 23.1 Å². The second-order valence-corrected chi connectivity index (χ2v) is 6.87. The van der Waals surface area contributed by atoms with Crippen LogP contribution in [0.3, 0.4) is 0 Å². The van der Waals surface area contributed by atoms with Crippen molar-refractivity contribution in [3.8, 4) is 0 Å². The molecule has 2 unspecified atom stereocenters. The minimum Gasteiger partial charge on any atom is -0.355 e. The first kappa shape index (κ1) is 23.5. The third-order valence-electron chi connectivity index (χ3n) is 5.09. The Hall–Kier alpha value is -1.57. The smallest absolute Gasteiger partial charge is 0.224 e. The molecule has 0 bridgehead atoms. The van der Waals surface area contributed by atoms with E-state index < -0.39 is 0 Å². The molecule has 3 rings (SSSR count). The van der Waals surface area contributed by atoms with Gasteiger partial charge in [-0.1, -0.05) is 6.07 Å². The van der Waals surface area contributed by atoms with E-state index in [1.54, 1.807) is 6.20 Å². The number of carbonyl (C=O) groups is 2. The molecule has 2 heterocycles. The topological polar surface area (TPSA) is 91.6 Å². The van der Waals surface area contributed by atoms with E-state index in [0.717, 1.165) is 38.2 Å². The lowest BCUT2D eigenvalue weighted by atomic mass is 10.1. The SMILES string of the molecule is Cl.Cl.NC1CCC(C(=O)NCCC(=O)N2CCN(c3ccccn3)CC2)C1. The number of hydrogen-bond acceptors (Lipinski definition) is 5. The maximum atomic E-state index is 12.3. The zero-order valence-corrected chi connectivity index (χ0v) is 17.0. The molecule has 2 fully saturated rings. The van der Waals surface area contributed by atoms with Crippen molar-refractivity contribution in [2.24, 2.45) is 11.7 Å². The van der Waals surface area contributed by atoms with Crippen LogP contribution in [0.25, 0.3) is 0 Å². The number of halogens is 2. The maximum Gasteiger partial charge on any atom is 0.224 e. The third kappa shape index (κ3) is 6.52. The summed E-state index contributed by atoms with van der Waals surface area (Å²) in [7, 11) is 0. The number of pyridine rings is 1. The summed E-state index contributed by atoms with van der Waals surface area (Å²) in [5.41, 5.74) is 5.84. The number of piperazine rings is 1. The summed E-state index contributed by atoms with van der Waals surface area (Å²) in [6, 6.07) is 6.01. The highest BCUT2D eigenvalue weighted by atomic mass is 35.5. The van der Waals surface area contributed by atoms with Crippen molar-refractivity contribution in [1.29, 1.82) is 0 Å². The molecule has 1 saturated carbocycles. The minimum atomic E-state index is 0. The minimum absolute atomic E-state index is 0. The summed E-state index contributed by atoms with van der Waals surface area (Å²) in [5.74, 6) is 1.12. The summed E-state index contributed by atoms with van der Waals surface area (Å²) in [4.78, 5) is 32.8. The Labute approximate surface area is 172 Å². The molecule has 27 heavy (non-hydrogen) atoms. The van der Waals surface area contributed by atoms with Crippen molar-refractivity contribution in [3.63, 3.8) is 0 Å². The lowest BCUT2D eigenvalue weighted by Crippen LogP contribution is -2.49. The molecule has 2 atom stereocenters. The van der Waals surface area contributed by atoms with Crippen LogP contribution < -0.4 is 16.0 Å². The lowest BCUT2D eigenvalue weighted by Gasteiger charge is -2.35. The maximum absolute atomic E-state index is 12.3. The van der Waals surface area contributed by atoms with E-state index in [-0.39, 0.29) is 48.6 Å². The highest BCUT2D eigenvalue weighted by molar-refractivity contribution is 5.85. The van der Waals surface area contributed by atoms with Gasteiger partial charge in [-0.3, -0.25) is 9.59 Å². The molecule has 1 aliphatic carbocycles. The van der Waals surface area contributed by atoms with E-state index in [9.17, 15) is 9.59 Å². The number of nitrogens with one attached hydrogen (secondary N) is 1. The van der Waals surface area contributed by atoms with Crippen molar-refractivity contribution in [2.45, 2.75) is 31.7 Å². The van der Waals surface area contributed by atoms with Gasteiger partial charge in [-0.25, -0.2) is 4.98 Å². The van der Waals surface area contributed by atoms with Crippen molar-refractivity contribution >= 4 is 42.4 Å². The van der Waals surface area contributed by atoms with Crippen molar-refractivity contribution in [2.75, 3.05) is 37.6 Å². The molecule has 2 aliphatic rings. The summed E-state index contributed by atoms with van der Waals surface area (Å²) in [6.45, 7) is 3.37.